The van der Waals surface area contributed by atoms with E-state index in [0.29, 0.717) is 30.9 Å². The van der Waals surface area contributed by atoms with E-state index in [0.717, 1.165) is 11.3 Å². The lowest BCUT2D eigenvalue weighted by Crippen LogP contribution is -2.50. The molecule has 2 N–H and O–H groups in total. The minimum absolute atomic E-state index is 0.205. The minimum atomic E-state index is -0.446. The Morgan fingerprint density at radius 3 is 2.95 bits per heavy atom. The van der Waals surface area contributed by atoms with Gasteiger partial charge in [0, 0.05) is 25.3 Å². The molecule has 22 heavy (non-hydrogen) atoms. The van der Waals surface area contributed by atoms with Gasteiger partial charge in [-0.25, -0.2) is 9.69 Å². The molecule has 2 aliphatic heterocycles. The summed E-state index contributed by atoms with van der Waals surface area (Å²) in [6, 6.07) is 6.22. The second-order valence-electron chi connectivity index (χ2n) is 5.25. The molecule has 0 bridgehead atoms. The molecule has 7 heteroatoms. The molecule has 1 atom stereocenters. The van der Waals surface area contributed by atoms with Crippen LogP contribution in [0.3, 0.4) is 0 Å². The summed E-state index contributed by atoms with van der Waals surface area (Å²) in [7, 11) is 0. The third-order valence-corrected chi connectivity index (χ3v) is 3.66. The topological polar surface area (TPSA) is 87.7 Å². The molecule has 2 saturated heterocycles. The Morgan fingerprint density at radius 2 is 2.23 bits per heavy atom. The molecule has 4 amide bonds. The average molecular weight is 303 g/mol. The molecule has 0 radical (unpaired) electrons. The molecule has 2 fully saturated rings. The zero-order valence-electron chi connectivity index (χ0n) is 12.0. The van der Waals surface area contributed by atoms with Crippen molar-refractivity contribution in [3.8, 4) is 0 Å². The second-order valence-corrected chi connectivity index (χ2v) is 5.25. The van der Waals surface area contributed by atoms with Gasteiger partial charge in [0.25, 0.3) is 5.91 Å². The van der Waals surface area contributed by atoms with E-state index in [1.54, 1.807) is 24.3 Å². The fraction of sp³-hybridized carbons (Fsp3) is 0.400. The summed E-state index contributed by atoms with van der Waals surface area (Å²) in [4.78, 5) is 36.9. The number of nitrogens with zero attached hydrogens (tertiary/aromatic N) is 1. The van der Waals surface area contributed by atoms with Gasteiger partial charge in [0.15, 0.2) is 0 Å². The van der Waals surface area contributed by atoms with Crippen LogP contribution in [-0.2, 0) is 14.3 Å². The maximum absolute atomic E-state index is 12.0. The zero-order valence-corrected chi connectivity index (χ0v) is 12.0. The van der Waals surface area contributed by atoms with Crippen molar-refractivity contribution in [1.82, 2.24) is 5.32 Å². The van der Waals surface area contributed by atoms with Gasteiger partial charge in [-0.1, -0.05) is 6.07 Å². The van der Waals surface area contributed by atoms with E-state index < -0.39 is 12.1 Å². The number of hydrogen-bond acceptors (Lipinski definition) is 4. The smallest absolute Gasteiger partial charge is 0.328 e. The zero-order chi connectivity index (χ0) is 15.5. The molecular formula is C15H17N3O4. The second kappa shape index (κ2) is 6.15. The lowest BCUT2D eigenvalue weighted by molar-refractivity contribution is -0.124. The number of imide groups is 1. The van der Waals surface area contributed by atoms with Crippen LogP contribution in [0, 0.1) is 0 Å². The van der Waals surface area contributed by atoms with E-state index in [9.17, 15) is 14.4 Å². The minimum Gasteiger partial charge on any atom is -0.368 e. The molecule has 0 saturated carbocycles. The van der Waals surface area contributed by atoms with Gasteiger partial charge in [-0.05, 0) is 31.0 Å². The summed E-state index contributed by atoms with van der Waals surface area (Å²) in [5.74, 6) is -0.463. The number of hydrogen-bond donors (Lipinski definition) is 2. The maximum Gasteiger partial charge on any atom is 0.328 e. The van der Waals surface area contributed by atoms with E-state index >= 15 is 0 Å². The summed E-state index contributed by atoms with van der Waals surface area (Å²) < 4.78 is 5.33. The summed E-state index contributed by atoms with van der Waals surface area (Å²) >= 11 is 0. The van der Waals surface area contributed by atoms with E-state index in [4.69, 9.17) is 4.74 Å². The molecule has 0 unspecified atom stereocenters. The lowest BCUT2D eigenvalue weighted by atomic mass is 10.2. The third-order valence-electron chi connectivity index (χ3n) is 3.66. The van der Waals surface area contributed by atoms with Crippen LogP contribution < -0.4 is 15.5 Å². The molecule has 2 aliphatic rings. The highest BCUT2D eigenvalue weighted by Gasteiger charge is 2.28. The Balaban J connectivity index is 1.75. The largest absolute Gasteiger partial charge is 0.368 e. The maximum atomic E-state index is 12.0. The van der Waals surface area contributed by atoms with Crippen molar-refractivity contribution in [3.05, 3.63) is 24.3 Å². The fourth-order valence-corrected chi connectivity index (χ4v) is 2.57. The van der Waals surface area contributed by atoms with Gasteiger partial charge in [-0.15, -0.1) is 0 Å². The number of benzene rings is 1. The first kappa shape index (κ1) is 14.5. The van der Waals surface area contributed by atoms with E-state index in [2.05, 4.69) is 10.6 Å². The molecule has 1 aromatic rings. The van der Waals surface area contributed by atoms with Crippen molar-refractivity contribution < 1.29 is 19.1 Å². The van der Waals surface area contributed by atoms with Crippen LogP contribution in [0.5, 0.6) is 0 Å². The van der Waals surface area contributed by atoms with E-state index in [1.807, 2.05) is 0 Å². The van der Waals surface area contributed by atoms with Gasteiger partial charge in [-0.3, -0.25) is 9.59 Å². The van der Waals surface area contributed by atoms with Crippen molar-refractivity contribution in [2.75, 3.05) is 23.4 Å². The number of carbonyl (C=O) groups excluding carboxylic acids is 3. The normalized spacial score (nSPS) is 21.6. The predicted molar refractivity (Wildman–Crippen MR) is 79.5 cm³/mol. The Labute approximate surface area is 127 Å². The first-order chi connectivity index (χ1) is 10.6. The summed E-state index contributed by atoms with van der Waals surface area (Å²) in [6.07, 6.45) is 1.42. The van der Waals surface area contributed by atoms with Gasteiger partial charge in [0.05, 0.1) is 5.69 Å². The van der Waals surface area contributed by atoms with Crippen molar-refractivity contribution in [2.45, 2.75) is 25.4 Å². The standard InChI is InChI=1S/C15H17N3O4/c19-13-6-7-16-15(21)18(13)11-4-1-3-10(9-11)17-14(20)12-5-2-8-22-12/h1,3-4,9,12H,2,5-8H2,(H,16,21)(H,17,20)/t12-/m0/s1. The van der Waals surface area contributed by atoms with Crippen molar-refractivity contribution >= 4 is 29.2 Å². The molecule has 1 aromatic carbocycles. The van der Waals surface area contributed by atoms with Crippen molar-refractivity contribution in [3.63, 3.8) is 0 Å². The quantitative estimate of drug-likeness (QED) is 0.879. The highest BCUT2D eigenvalue weighted by atomic mass is 16.5. The van der Waals surface area contributed by atoms with E-state index in [-0.39, 0.29) is 18.2 Å². The monoisotopic (exact) mass is 303 g/mol. The molecule has 0 aromatic heterocycles. The Kier molecular flexibility index (Phi) is 4.06. The average Bonchev–Trinajstić information content (AvgIpc) is 3.02. The number of rotatable bonds is 3. The molecule has 0 aliphatic carbocycles. The summed E-state index contributed by atoms with van der Waals surface area (Å²) in [6.45, 7) is 0.949. The van der Waals surface area contributed by atoms with Crippen LogP contribution in [0.2, 0.25) is 0 Å². The van der Waals surface area contributed by atoms with Crippen LogP contribution in [-0.4, -0.2) is 37.1 Å². The van der Waals surface area contributed by atoms with Gasteiger partial charge < -0.3 is 15.4 Å². The SMILES string of the molecule is O=C(Nc1cccc(N2C(=O)CCNC2=O)c1)[C@@H]1CCCO1. The van der Waals surface area contributed by atoms with Crippen LogP contribution in [0.4, 0.5) is 16.2 Å². The van der Waals surface area contributed by atoms with Crippen molar-refractivity contribution in [1.29, 1.82) is 0 Å². The van der Waals surface area contributed by atoms with Crippen LogP contribution in [0.25, 0.3) is 0 Å². The van der Waals surface area contributed by atoms with Gasteiger partial charge in [-0.2, -0.15) is 0 Å². The number of urea groups is 1. The molecular weight excluding hydrogens is 286 g/mol. The lowest BCUT2D eigenvalue weighted by Gasteiger charge is -2.26. The number of anilines is 2. The summed E-state index contributed by atoms with van der Waals surface area (Å²) in [5, 5.41) is 5.38. The third kappa shape index (κ3) is 2.94. The highest BCUT2D eigenvalue weighted by Crippen LogP contribution is 2.23. The number of nitrogens with one attached hydrogen (secondary N) is 2. The Hall–Kier alpha value is -2.41. The van der Waals surface area contributed by atoms with Gasteiger partial charge >= 0.3 is 6.03 Å². The van der Waals surface area contributed by atoms with Crippen LogP contribution in [0.15, 0.2) is 24.3 Å². The number of carbonyl (C=O) groups is 3. The van der Waals surface area contributed by atoms with Crippen LogP contribution in [0.1, 0.15) is 19.3 Å². The number of ether oxygens (including phenoxy) is 1. The highest BCUT2D eigenvalue weighted by molar-refractivity contribution is 6.16. The first-order valence-corrected chi connectivity index (χ1v) is 7.28. The van der Waals surface area contributed by atoms with Gasteiger partial charge in [0.1, 0.15) is 6.10 Å². The van der Waals surface area contributed by atoms with Crippen molar-refractivity contribution in [2.24, 2.45) is 0 Å². The first-order valence-electron chi connectivity index (χ1n) is 7.28. The van der Waals surface area contributed by atoms with Crippen LogP contribution >= 0.6 is 0 Å². The molecule has 7 nitrogen and oxygen atoms in total. The predicted octanol–water partition coefficient (Wildman–Crippen LogP) is 1.25. The number of amides is 4. The van der Waals surface area contributed by atoms with Gasteiger partial charge in [0.2, 0.25) is 5.91 Å². The fourth-order valence-electron chi connectivity index (χ4n) is 2.57. The molecule has 2 heterocycles. The molecule has 116 valence electrons. The Bertz CT molecular complexity index is 595. The molecule has 0 spiro atoms. The van der Waals surface area contributed by atoms with E-state index in [1.165, 1.54) is 0 Å². The summed E-state index contributed by atoms with van der Waals surface area (Å²) in [5.41, 5.74) is 0.969. The Morgan fingerprint density at radius 1 is 1.36 bits per heavy atom. The molecule has 3 rings (SSSR count).